The normalized spacial score (nSPS) is 17.5. The lowest BCUT2D eigenvalue weighted by Gasteiger charge is -2.20. The van der Waals surface area contributed by atoms with Crippen LogP contribution in [0.1, 0.15) is 35.3 Å². The van der Waals surface area contributed by atoms with E-state index < -0.39 is 0 Å². The Kier molecular flexibility index (Phi) is 4.63. The van der Waals surface area contributed by atoms with Crippen LogP contribution in [0.15, 0.2) is 6.20 Å². The summed E-state index contributed by atoms with van der Waals surface area (Å²) in [5.74, 6) is 0.600. The molecule has 1 aliphatic rings. The predicted octanol–water partition coefficient (Wildman–Crippen LogP) is 0.580. The Hall–Kier alpha value is -2.18. The van der Waals surface area contributed by atoms with Crippen LogP contribution in [0.4, 0.5) is 5.95 Å². The molecule has 7 nitrogen and oxygen atoms in total. The molecular formula is C15H23N5O2. The fourth-order valence-corrected chi connectivity index (χ4v) is 2.59. The molecule has 2 rings (SSSR count). The van der Waals surface area contributed by atoms with Crippen molar-refractivity contribution in [3.8, 4) is 0 Å². The number of amides is 2. The molecule has 0 bridgehead atoms. The quantitative estimate of drug-likeness (QED) is 0.817. The third kappa shape index (κ3) is 3.18. The maximum Gasteiger partial charge on any atom is 0.256 e. The second kappa shape index (κ2) is 6.29. The van der Waals surface area contributed by atoms with E-state index in [1.807, 2.05) is 19.0 Å². The maximum atomic E-state index is 12.4. The molecule has 2 heterocycles. The van der Waals surface area contributed by atoms with Gasteiger partial charge in [0.15, 0.2) is 0 Å². The molecule has 1 unspecified atom stereocenters. The third-order valence-corrected chi connectivity index (χ3v) is 3.86. The zero-order chi connectivity index (χ0) is 16.4. The monoisotopic (exact) mass is 305 g/mol. The second-order valence-corrected chi connectivity index (χ2v) is 6.01. The van der Waals surface area contributed by atoms with Crippen molar-refractivity contribution in [3.05, 3.63) is 17.5 Å². The summed E-state index contributed by atoms with van der Waals surface area (Å²) >= 11 is 0. The molecule has 1 aliphatic heterocycles. The number of nitrogens with zero attached hydrogens (tertiary/aromatic N) is 5. The number of anilines is 1. The Bertz CT molecular complexity index is 585. The Labute approximate surface area is 130 Å². The van der Waals surface area contributed by atoms with E-state index in [1.54, 1.807) is 32.1 Å². The summed E-state index contributed by atoms with van der Waals surface area (Å²) in [6.45, 7) is 2.88. The molecule has 0 N–H and O–H groups in total. The molecule has 22 heavy (non-hydrogen) atoms. The number of hydrogen-bond donors (Lipinski definition) is 0. The Balaban J connectivity index is 2.40. The van der Waals surface area contributed by atoms with Gasteiger partial charge in [-0.2, -0.15) is 0 Å². The molecule has 1 saturated heterocycles. The van der Waals surface area contributed by atoms with Gasteiger partial charge in [0.1, 0.15) is 0 Å². The molecule has 7 heteroatoms. The molecule has 0 saturated carbocycles. The molecule has 120 valence electrons. The summed E-state index contributed by atoms with van der Waals surface area (Å²) < 4.78 is 0. The number of hydrogen-bond acceptors (Lipinski definition) is 5. The smallest absolute Gasteiger partial charge is 0.256 e. The highest BCUT2D eigenvalue weighted by atomic mass is 16.2. The number of carbonyl (C=O) groups is 2. The highest BCUT2D eigenvalue weighted by Crippen LogP contribution is 2.29. The summed E-state index contributed by atoms with van der Waals surface area (Å²) in [5.41, 5.74) is 1.26. The molecule has 1 fully saturated rings. The summed E-state index contributed by atoms with van der Waals surface area (Å²) in [7, 11) is 7.15. The lowest BCUT2D eigenvalue weighted by Crippen LogP contribution is -2.28. The molecule has 0 aromatic carbocycles. The lowest BCUT2D eigenvalue weighted by molar-refractivity contribution is -0.127. The van der Waals surface area contributed by atoms with Crippen LogP contribution < -0.4 is 4.90 Å². The zero-order valence-corrected chi connectivity index (χ0v) is 13.8. The summed E-state index contributed by atoms with van der Waals surface area (Å²) in [6, 6.07) is 0. The average Bonchev–Trinajstić information content (AvgIpc) is 2.95. The highest BCUT2D eigenvalue weighted by Gasteiger charge is 2.30. The van der Waals surface area contributed by atoms with Crippen LogP contribution in [0.2, 0.25) is 0 Å². The van der Waals surface area contributed by atoms with Crippen LogP contribution in [0.3, 0.4) is 0 Å². The molecule has 0 radical (unpaired) electrons. The number of carbonyl (C=O) groups excluding carboxylic acids is 2. The number of rotatable bonds is 3. The van der Waals surface area contributed by atoms with Crippen LogP contribution in [-0.4, -0.2) is 72.9 Å². The summed E-state index contributed by atoms with van der Waals surface area (Å²) in [6.07, 6.45) is 2.41. The summed E-state index contributed by atoms with van der Waals surface area (Å²) in [4.78, 5) is 37.9. The van der Waals surface area contributed by atoms with Crippen molar-refractivity contribution in [3.63, 3.8) is 0 Å². The minimum Gasteiger partial charge on any atom is -0.347 e. The van der Waals surface area contributed by atoms with Crippen LogP contribution in [0, 0.1) is 0 Å². The van der Waals surface area contributed by atoms with E-state index in [4.69, 9.17) is 0 Å². The first kappa shape index (κ1) is 16.2. The SMILES string of the molecule is CC(=O)N1CCC(c2nc(N(C)C)ncc2C(=O)N(C)C)C1. The van der Waals surface area contributed by atoms with E-state index in [0.717, 1.165) is 12.1 Å². The van der Waals surface area contributed by atoms with Crippen LogP contribution >= 0.6 is 0 Å². The fraction of sp³-hybridized carbons (Fsp3) is 0.600. The van der Waals surface area contributed by atoms with E-state index >= 15 is 0 Å². The zero-order valence-electron chi connectivity index (χ0n) is 13.8. The van der Waals surface area contributed by atoms with Gasteiger partial charge in [0, 0.05) is 60.3 Å². The van der Waals surface area contributed by atoms with Gasteiger partial charge in [-0.1, -0.05) is 0 Å². The first-order chi connectivity index (χ1) is 10.3. The van der Waals surface area contributed by atoms with E-state index in [0.29, 0.717) is 24.6 Å². The average molecular weight is 305 g/mol. The van der Waals surface area contributed by atoms with Gasteiger partial charge >= 0.3 is 0 Å². The highest BCUT2D eigenvalue weighted by molar-refractivity contribution is 5.95. The standard InChI is InChI=1S/C15H23N5O2/c1-10(21)20-7-6-11(9-20)13-12(14(22)18(2)3)8-16-15(17-13)19(4)5/h8,11H,6-7,9H2,1-5H3. The van der Waals surface area contributed by atoms with Gasteiger partial charge in [0.05, 0.1) is 11.3 Å². The Morgan fingerprint density at radius 1 is 1.27 bits per heavy atom. The van der Waals surface area contributed by atoms with Crippen molar-refractivity contribution < 1.29 is 9.59 Å². The van der Waals surface area contributed by atoms with Gasteiger partial charge in [0.25, 0.3) is 5.91 Å². The number of likely N-dealkylation sites (tertiary alicyclic amines) is 1. The molecule has 1 atom stereocenters. The summed E-state index contributed by atoms with van der Waals surface area (Å²) in [5, 5.41) is 0. The van der Waals surface area contributed by atoms with Crippen molar-refractivity contribution in [1.82, 2.24) is 19.8 Å². The third-order valence-electron chi connectivity index (χ3n) is 3.86. The predicted molar refractivity (Wildman–Crippen MR) is 84.0 cm³/mol. The molecule has 0 aliphatic carbocycles. The number of aromatic nitrogens is 2. The molecule has 2 amide bonds. The van der Waals surface area contributed by atoms with Crippen molar-refractivity contribution in [2.24, 2.45) is 0 Å². The van der Waals surface area contributed by atoms with Crippen molar-refractivity contribution in [1.29, 1.82) is 0 Å². The van der Waals surface area contributed by atoms with Crippen molar-refractivity contribution in [2.45, 2.75) is 19.3 Å². The van der Waals surface area contributed by atoms with Gasteiger partial charge < -0.3 is 14.7 Å². The largest absolute Gasteiger partial charge is 0.347 e. The minimum absolute atomic E-state index is 0.0601. The van der Waals surface area contributed by atoms with E-state index in [1.165, 1.54) is 4.90 Å². The first-order valence-electron chi connectivity index (χ1n) is 7.32. The van der Waals surface area contributed by atoms with Crippen molar-refractivity contribution in [2.75, 3.05) is 46.2 Å². The van der Waals surface area contributed by atoms with Gasteiger partial charge in [0.2, 0.25) is 11.9 Å². The Morgan fingerprint density at radius 2 is 1.95 bits per heavy atom. The first-order valence-corrected chi connectivity index (χ1v) is 7.32. The van der Waals surface area contributed by atoms with E-state index in [9.17, 15) is 9.59 Å². The lowest BCUT2D eigenvalue weighted by atomic mass is 9.99. The molecule has 1 aromatic heterocycles. The maximum absolute atomic E-state index is 12.4. The van der Waals surface area contributed by atoms with E-state index in [2.05, 4.69) is 9.97 Å². The molecule has 0 spiro atoms. The second-order valence-electron chi connectivity index (χ2n) is 6.01. The van der Waals surface area contributed by atoms with Crippen LogP contribution in [0.25, 0.3) is 0 Å². The van der Waals surface area contributed by atoms with Gasteiger partial charge in [-0.25, -0.2) is 9.97 Å². The minimum atomic E-state index is -0.110. The molecular weight excluding hydrogens is 282 g/mol. The Morgan fingerprint density at radius 3 is 2.45 bits per heavy atom. The van der Waals surface area contributed by atoms with Crippen LogP contribution in [-0.2, 0) is 4.79 Å². The topological polar surface area (TPSA) is 69.6 Å². The van der Waals surface area contributed by atoms with Gasteiger partial charge in [-0.15, -0.1) is 0 Å². The van der Waals surface area contributed by atoms with E-state index in [-0.39, 0.29) is 17.7 Å². The van der Waals surface area contributed by atoms with Crippen LogP contribution in [0.5, 0.6) is 0 Å². The molecule has 1 aromatic rings. The van der Waals surface area contributed by atoms with Gasteiger partial charge in [-0.05, 0) is 6.42 Å². The van der Waals surface area contributed by atoms with Crippen molar-refractivity contribution >= 4 is 17.8 Å². The van der Waals surface area contributed by atoms with Gasteiger partial charge in [-0.3, -0.25) is 9.59 Å². The fourth-order valence-electron chi connectivity index (χ4n) is 2.59.